The van der Waals surface area contributed by atoms with E-state index in [0.29, 0.717) is 24.5 Å². The second-order valence-corrected chi connectivity index (χ2v) is 8.44. The fourth-order valence-corrected chi connectivity index (χ4v) is 5.00. The molecule has 2 fully saturated rings. The molecule has 0 radical (unpaired) electrons. The Kier molecular flexibility index (Phi) is 4.52. The summed E-state index contributed by atoms with van der Waals surface area (Å²) in [4.78, 5) is 35.4. The molecule has 1 atom stereocenters. The molecule has 0 spiro atoms. The van der Waals surface area contributed by atoms with Crippen LogP contribution < -0.4 is 10.2 Å². The second-order valence-electron chi connectivity index (χ2n) is 7.55. The number of nitrogens with one attached hydrogen (secondary N) is 1. The van der Waals surface area contributed by atoms with Crippen LogP contribution in [0.15, 0.2) is 29.8 Å². The molecule has 1 unspecified atom stereocenters. The van der Waals surface area contributed by atoms with Crippen molar-refractivity contribution in [1.82, 2.24) is 14.8 Å². The molecule has 0 aliphatic carbocycles. The van der Waals surface area contributed by atoms with Gasteiger partial charge in [-0.15, -0.1) is 11.3 Å². The highest BCUT2D eigenvalue weighted by Gasteiger charge is 2.36. The van der Waals surface area contributed by atoms with Gasteiger partial charge in [-0.3, -0.25) is 14.5 Å². The van der Waals surface area contributed by atoms with Crippen molar-refractivity contribution in [2.45, 2.75) is 18.9 Å². The van der Waals surface area contributed by atoms with Crippen molar-refractivity contribution in [3.05, 3.63) is 40.3 Å². The number of hydrogen-bond acceptors (Lipinski definition) is 6. The first kappa shape index (κ1) is 17.6. The first-order valence-electron chi connectivity index (χ1n) is 9.79. The standard InChI is InChI=1S/C20H23N5O2S/c26-18-12-16(13-25(18)15-1-2-17-14(11-15)3-4-21-17)23-6-8-24(9-7-23)20(27)19-22-5-10-28-19/h1-2,5,10-11,16,21H,3-4,6-9,12-13H2. The number of anilines is 2. The van der Waals surface area contributed by atoms with Gasteiger partial charge in [0.15, 0.2) is 5.01 Å². The van der Waals surface area contributed by atoms with Crippen molar-refractivity contribution in [2.24, 2.45) is 0 Å². The Balaban J connectivity index is 1.22. The van der Waals surface area contributed by atoms with Gasteiger partial charge in [-0.05, 0) is 30.2 Å². The summed E-state index contributed by atoms with van der Waals surface area (Å²) in [6, 6.07) is 6.50. The molecule has 2 aromatic rings. The molecule has 8 heteroatoms. The largest absolute Gasteiger partial charge is 0.384 e. The highest BCUT2D eigenvalue weighted by molar-refractivity contribution is 7.11. The van der Waals surface area contributed by atoms with Gasteiger partial charge in [0.05, 0.1) is 0 Å². The Morgan fingerprint density at radius 1 is 1.21 bits per heavy atom. The lowest BCUT2D eigenvalue weighted by Gasteiger charge is -2.37. The Bertz CT molecular complexity index is 892. The number of hydrogen-bond donors (Lipinski definition) is 1. The van der Waals surface area contributed by atoms with Crippen molar-refractivity contribution in [2.75, 3.05) is 49.5 Å². The molecular weight excluding hydrogens is 374 g/mol. The predicted octanol–water partition coefficient (Wildman–Crippen LogP) is 1.67. The van der Waals surface area contributed by atoms with Crippen LogP contribution in [0.1, 0.15) is 21.8 Å². The van der Waals surface area contributed by atoms with Gasteiger partial charge in [0.2, 0.25) is 5.91 Å². The lowest BCUT2D eigenvalue weighted by molar-refractivity contribution is -0.117. The van der Waals surface area contributed by atoms with Crippen LogP contribution in [0.4, 0.5) is 11.4 Å². The van der Waals surface area contributed by atoms with Gasteiger partial charge in [-0.2, -0.15) is 0 Å². The van der Waals surface area contributed by atoms with Crippen molar-refractivity contribution < 1.29 is 9.59 Å². The number of rotatable bonds is 3. The van der Waals surface area contributed by atoms with Crippen molar-refractivity contribution in [3.8, 4) is 0 Å². The molecule has 0 bridgehead atoms. The molecule has 2 amide bonds. The number of thiazole rings is 1. The molecule has 2 saturated heterocycles. The van der Waals surface area contributed by atoms with Crippen molar-refractivity contribution >= 4 is 34.5 Å². The average Bonchev–Trinajstić information content (AvgIpc) is 3.47. The number of piperazine rings is 1. The third-order valence-corrected chi connectivity index (χ3v) is 6.71. The monoisotopic (exact) mass is 397 g/mol. The normalized spacial score (nSPS) is 22.4. The molecule has 4 heterocycles. The zero-order chi connectivity index (χ0) is 19.1. The third kappa shape index (κ3) is 3.16. The van der Waals surface area contributed by atoms with Crippen LogP contribution in [0.5, 0.6) is 0 Å². The molecule has 0 saturated carbocycles. The highest BCUT2D eigenvalue weighted by Crippen LogP contribution is 2.30. The summed E-state index contributed by atoms with van der Waals surface area (Å²) < 4.78 is 0. The Morgan fingerprint density at radius 3 is 2.86 bits per heavy atom. The van der Waals surface area contributed by atoms with Crippen LogP contribution in [0, 0.1) is 0 Å². The lowest BCUT2D eigenvalue weighted by atomic mass is 10.1. The first-order valence-corrected chi connectivity index (χ1v) is 10.7. The molecule has 5 rings (SSSR count). The van der Waals surface area contributed by atoms with E-state index in [0.717, 1.165) is 38.3 Å². The van der Waals surface area contributed by atoms with Gasteiger partial charge in [0, 0.05) is 74.7 Å². The van der Waals surface area contributed by atoms with Crippen LogP contribution in [-0.4, -0.2) is 71.9 Å². The Hall–Kier alpha value is -2.45. The zero-order valence-corrected chi connectivity index (χ0v) is 16.5. The third-order valence-electron chi connectivity index (χ3n) is 5.95. The average molecular weight is 398 g/mol. The minimum atomic E-state index is 0.0190. The number of amides is 2. The number of fused-ring (bicyclic) bond motifs is 1. The predicted molar refractivity (Wildman–Crippen MR) is 109 cm³/mol. The van der Waals surface area contributed by atoms with E-state index < -0.39 is 0 Å². The summed E-state index contributed by atoms with van der Waals surface area (Å²) in [7, 11) is 0. The number of aromatic nitrogens is 1. The van der Waals surface area contributed by atoms with E-state index in [4.69, 9.17) is 0 Å². The van der Waals surface area contributed by atoms with Crippen LogP contribution in [-0.2, 0) is 11.2 Å². The molecule has 1 aromatic carbocycles. The molecule has 7 nitrogen and oxygen atoms in total. The molecule has 3 aliphatic rings. The molecular formula is C20H23N5O2S. The summed E-state index contributed by atoms with van der Waals surface area (Å²) in [6.45, 7) is 4.68. The number of carbonyl (C=O) groups excluding carboxylic acids is 2. The van der Waals surface area contributed by atoms with E-state index in [-0.39, 0.29) is 17.9 Å². The molecule has 1 N–H and O–H groups in total. The topological polar surface area (TPSA) is 68.8 Å². The summed E-state index contributed by atoms with van der Waals surface area (Å²) in [5.41, 5.74) is 3.49. The first-order chi connectivity index (χ1) is 13.7. The van der Waals surface area contributed by atoms with E-state index in [1.165, 1.54) is 22.6 Å². The van der Waals surface area contributed by atoms with Crippen molar-refractivity contribution in [1.29, 1.82) is 0 Å². The van der Waals surface area contributed by atoms with E-state index in [9.17, 15) is 9.59 Å². The lowest BCUT2D eigenvalue weighted by Crippen LogP contribution is -2.52. The summed E-state index contributed by atoms with van der Waals surface area (Å²) >= 11 is 1.39. The smallest absolute Gasteiger partial charge is 0.282 e. The van der Waals surface area contributed by atoms with Crippen LogP contribution in [0.25, 0.3) is 0 Å². The fourth-order valence-electron chi connectivity index (χ4n) is 4.40. The zero-order valence-electron chi connectivity index (χ0n) is 15.6. The Morgan fingerprint density at radius 2 is 2.07 bits per heavy atom. The molecule has 1 aromatic heterocycles. The Labute approximate surface area is 167 Å². The summed E-state index contributed by atoms with van der Waals surface area (Å²) in [5.74, 6) is 0.211. The van der Waals surface area contributed by atoms with Crippen molar-refractivity contribution in [3.63, 3.8) is 0 Å². The molecule has 28 heavy (non-hydrogen) atoms. The highest BCUT2D eigenvalue weighted by atomic mass is 32.1. The van der Waals surface area contributed by atoms with Crippen LogP contribution in [0.3, 0.4) is 0 Å². The van der Waals surface area contributed by atoms with Gasteiger partial charge < -0.3 is 15.1 Å². The number of benzene rings is 1. The fraction of sp³-hybridized carbons (Fsp3) is 0.450. The summed E-state index contributed by atoms with van der Waals surface area (Å²) in [5, 5.41) is 5.75. The van der Waals surface area contributed by atoms with Crippen LogP contribution in [0.2, 0.25) is 0 Å². The summed E-state index contributed by atoms with van der Waals surface area (Å²) in [6.07, 6.45) is 3.24. The van der Waals surface area contributed by atoms with Crippen LogP contribution >= 0.6 is 11.3 Å². The van der Waals surface area contributed by atoms with E-state index in [1.54, 1.807) is 6.20 Å². The maximum Gasteiger partial charge on any atom is 0.282 e. The molecule has 3 aliphatic heterocycles. The van der Waals surface area contributed by atoms with E-state index in [1.807, 2.05) is 21.2 Å². The number of carbonyl (C=O) groups is 2. The SMILES string of the molecule is O=C(c1nccs1)N1CCN(C2CC(=O)N(c3ccc4c(c3)CCN4)C2)CC1. The van der Waals surface area contributed by atoms with Gasteiger partial charge >= 0.3 is 0 Å². The van der Waals surface area contributed by atoms with Gasteiger partial charge in [-0.25, -0.2) is 4.98 Å². The number of nitrogens with zero attached hydrogens (tertiary/aromatic N) is 4. The van der Waals surface area contributed by atoms with Gasteiger partial charge in [0.25, 0.3) is 5.91 Å². The van der Waals surface area contributed by atoms with E-state index >= 15 is 0 Å². The van der Waals surface area contributed by atoms with E-state index in [2.05, 4.69) is 27.3 Å². The maximum atomic E-state index is 12.7. The quantitative estimate of drug-likeness (QED) is 0.853. The minimum absolute atomic E-state index is 0.0190. The molecule has 146 valence electrons. The van der Waals surface area contributed by atoms with Gasteiger partial charge in [-0.1, -0.05) is 0 Å². The second kappa shape index (κ2) is 7.18. The maximum absolute atomic E-state index is 12.7. The minimum Gasteiger partial charge on any atom is -0.384 e. The van der Waals surface area contributed by atoms with Gasteiger partial charge in [0.1, 0.15) is 0 Å².